The average Bonchev–Trinajstić information content (AvgIpc) is 2.67. The third kappa shape index (κ3) is 1.59. The lowest BCUT2D eigenvalue weighted by Crippen LogP contribution is -1.99. The molecule has 1 aromatic carbocycles. The number of carbonyl (C=O) groups excluding carboxylic acids is 1. The fourth-order valence-corrected chi connectivity index (χ4v) is 1.30. The molecular formula is C10H9NO2. The van der Waals surface area contributed by atoms with Crippen molar-refractivity contribution in [2.75, 3.05) is 6.61 Å². The van der Waals surface area contributed by atoms with E-state index in [-0.39, 0.29) is 11.9 Å². The number of aldehydes is 1. The van der Waals surface area contributed by atoms with Crippen molar-refractivity contribution in [2.45, 2.75) is 6.04 Å². The van der Waals surface area contributed by atoms with Crippen LogP contribution in [0.2, 0.25) is 0 Å². The molecule has 0 radical (unpaired) electrons. The standard InChI is InChI=1S/C10H9NO2/c12-6-10-11-9(7-13-10)8-4-2-1-3-5-8/h1-6,9H,7H2/t9-/m0/s1. The van der Waals surface area contributed by atoms with Crippen molar-refractivity contribution < 1.29 is 9.53 Å². The first-order valence-electron chi connectivity index (χ1n) is 4.11. The molecule has 0 saturated heterocycles. The van der Waals surface area contributed by atoms with Gasteiger partial charge < -0.3 is 4.74 Å². The third-order valence-electron chi connectivity index (χ3n) is 1.96. The van der Waals surface area contributed by atoms with Crippen LogP contribution in [0.15, 0.2) is 35.3 Å². The molecule has 1 atom stereocenters. The lowest BCUT2D eigenvalue weighted by molar-refractivity contribution is -0.103. The zero-order valence-corrected chi connectivity index (χ0v) is 7.01. The van der Waals surface area contributed by atoms with E-state index in [0.29, 0.717) is 12.9 Å². The van der Waals surface area contributed by atoms with Crippen LogP contribution < -0.4 is 0 Å². The molecule has 0 unspecified atom stereocenters. The highest BCUT2D eigenvalue weighted by Crippen LogP contribution is 2.21. The highest BCUT2D eigenvalue weighted by atomic mass is 16.5. The number of rotatable bonds is 2. The number of benzene rings is 1. The molecule has 0 aliphatic carbocycles. The molecule has 0 amide bonds. The van der Waals surface area contributed by atoms with Gasteiger partial charge in [0.1, 0.15) is 12.6 Å². The van der Waals surface area contributed by atoms with Gasteiger partial charge in [0.2, 0.25) is 6.29 Å². The van der Waals surface area contributed by atoms with Gasteiger partial charge in [-0.1, -0.05) is 30.3 Å². The van der Waals surface area contributed by atoms with Crippen LogP contribution in [-0.2, 0) is 9.53 Å². The van der Waals surface area contributed by atoms with Crippen molar-refractivity contribution >= 4 is 12.2 Å². The van der Waals surface area contributed by atoms with Crippen LogP contribution in [0.3, 0.4) is 0 Å². The van der Waals surface area contributed by atoms with E-state index in [1.807, 2.05) is 30.3 Å². The maximum Gasteiger partial charge on any atom is 0.250 e. The molecule has 1 aliphatic heterocycles. The molecule has 3 heteroatoms. The van der Waals surface area contributed by atoms with Crippen molar-refractivity contribution in [1.29, 1.82) is 0 Å². The maximum atomic E-state index is 10.3. The molecule has 0 bridgehead atoms. The topological polar surface area (TPSA) is 38.7 Å². The summed E-state index contributed by atoms with van der Waals surface area (Å²) in [6, 6.07) is 9.79. The molecule has 1 aliphatic rings. The molecule has 66 valence electrons. The molecule has 13 heavy (non-hydrogen) atoms. The number of carbonyl (C=O) groups is 1. The van der Waals surface area contributed by atoms with Gasteiger partial charge in [-0.25, -0.2) is 4.99 Å². The van der Waals surface area contributed by atoms with Gasteiger partial charge in [-0.15, -0.1) is 0 Å². The Morgan fingerprint density at radius 3 is 2.77 bits per heavy atom. The summed E-state index contributed by atoms with van der Waals surface area (Å²) in [5.41, 5.74) is 1.08. The van der Waals surface area contributed by atoms with Crippen LogP contribution in [0.1, 0.15) is 11.6 Å². The van der Waals surface area contributed by atoms with Gasteiger partial charge in [0, 0.05) is 0 Å². The Hall–Kier alpha value is -1.64. The van der Waals surface area contributed by atoms with E-state index in [0.717, 1.165) is 5.56 Å². The minimum Gasteiger partial charge on any atom is -0.473 e. The van der Waals surface area contributed by atoms with Gasteiger partial charge in [0.15, 0.2) is 0 Å². The number of hydrogen-bond donors (Lipinski definition) is 0. The van der Waals surface area contributed by atoms with Crippen LogP contribution in [0.4, 0.5) is 0 Å². The second-order valence-electron chi connectivity index (χ2n) is 2.82. The quantitative estimate of drug-likeness (QED) is 0.636. The summed E-state index contributed by atoms with van der Waals surface area (Å²) in [5.74, 6) is 0.203. The summed E-state index contributed by atoms with van der Waals surface area (Å²) in [5, 5.41) is 0. The monoisotopic (exact) mass is 175 g/mol. The first kappa shape index (κ1) is 7.98. The largest absolute Gasteiger partial charge is 0.473 e. The van der Waals surface area contributed by atoms with Gasteiger partial charge >= 0.3 is 0 Å². The molecule has 1 aromatic rings. The van der Waals surface area contributed by atoms with Gasteiger partial charge in [0.25, 0.3) is 5.90 Å². The Morgan fingerprint density at radius 2 is 2.15 bits per heavy atom. The second-order valence-corrected chi connectivity index (χ2v) is 2.82. The molecular weight excluding hydrogens is 166 g/mol. The van der Waals surface area contributed by atoms with E-state index in [2.05, 4.69) is 4.99 Å². The van der Waals surface area contributed by atoms with Crippen molar-refractivity contribution in [3.63, 3.8) is 0 Å². The fraction of sp³-hybridized carbons (Fsp3) is 0.200. The van der Waals surface area contributed by atoms with Gasteiger partial charge in [-0.3, -0.25) is 4.79 Å². The molecule has 0 fully saturated rings. The predicted molar refractivity (Wildman–Crippen MR) is 48.6 cm³/mol. The van der Waals surface area contributed by atoms with E-state index >= 15 is 0 Å². The maximum absolute atomic E-state index is 10.3. The van der Waals surface area contributed by atoms with Crippen LogP contribution in [0.5, 0.6) is 0 Å². The van der Waals surface area contributed by atoms with Crippen molar-refractivity contribution in [1.82, 2.24) is 0 Å². The normalized spacial score (nSPS) is 20.6. The minimum atomic E-state index is -0.0126. The number of hydrogen-bond acceptors (Lipinski definition) is 3. The number of ether oxygens (including phenoxy) is 1. The van der Waals surface area contributed by atoms with Crippen LogP contribution in [-0.4, -0.2) is 18.8 Å². The van der Waals surface area contributed by atoms with E-state index < -0.39 is 0 Å². The Morgan fingerprint density at radius 1 is 1.38 bits per heavy atom. The Kier molecular flexibility index (Phi) is 2.08. The molecule has 0 saturated carbocycles. The summed E-state index contributed by atoms with van der Waals surface area (Å²) < 4.78 is 5.05. The number of aliphatic imine (C=N–C) groups is 1. The predicted octanol–water partition coefficient (Wildman–Crippen LogP) is 1.36. The van der Waals surface area contributed by atoms with E-state index in [1.54, 1.807) is 0 Å². The van der Waals surface area contributed by atoms with E-state index in [1.165, 1.54) is 0 Å². The Labute approximate surface area is 76.1 Å². The summed E-state index contributed by atoms with van der Waals surface area (Å²) in [6.07, 6.45) is 0.642. The SMILES string of the molecule is O=CC1=N[C@H](c2ccccc2)CO1. The average molecular weight is 175 g/mol. The lowest BCUT2D eigenvalue weighted by Gasteiger charge is -2.03. The highest BCUT2D eigenvalue weighted by molar-refractivity contribution is 6.24. The molecule has 0 N–H and O–H groups in total. The van der Waals surface area contributed by atoms with Gasteiger partial charge in [0.05, 0.1) is 0 Å². The Bertz CT molecular complexity index is 332. The number of nitrogens with zero attached hydrogens (tertiary/aromatic N) is 1. The molecule has 1 heterocycles. The summed E-state index contributed by atoms with van der Waals surface area (Å²) in [4.78, 5) is 14.4. The molecule has 2 rings (SSSR count). The summed E-state index contributed by atoms with van der Waals surface area (Å²) in [7, 11) is 0. The zero-order chi connectivity index (χ0) is 9.10. The smallest absolute Gasteiger partial charge is 0.250 e. The Balaban J connectivity index is 2.21. The van der Waals surface area contributed by atoms with Crippen molar-refractivity contribution in [3.05, 3.63) is 35.9 Å². The van der Waals surface area contributed by atoms with E-state index in [4.69, 9.17) is 4.74 Å². The minimum absolute atomic E-state index is 0.0126. The second kappa shape index (κ2) is 3.39. The first-order chi connectivity index (χ1) is 6.40. The lowest BCUT2D eigenvalue weighted by atomic mass is 10.1. The molecule has 3 nitrogen and oxygen atoms in total. The van der Waals surface area contributed by atoms with Crippen LogP contribution >= 0.6 is 0 Å². The van der Waals surface area contributed by atoms with Crippen molar-refractivity contribution in [3.8, 4) is 0 Å². The zero-order valence-electron chi connectivity index (χ0n) is 7.01. The van der Waals surface area contributed by atoms with Crippen LogP contribution in [0, 0.1) is 0 Å². The summed E-state index contributed by atoms with van der Waals surface area (Å²) in [6.45, 7) is 0.470. The van der Waals surface area contributed by atoms with E-state index in [9.17, 15) is 4.79 Å². The highest BCUT2D eigenvalue weighted by Gasteiger charge is 2.19. The third-order valence-corrected chi connectivity index (χ3v) is 1.96. The molecule has 0 aromatic heterocycles. The van der Waals surface area contributed by atoms with Crippen LogP contribution in [0.25, 0.3) is 0 Å². The van der Waals surface area contributed by atoms with Crippen molar-refractivity contribution in [2.24, 2.45) is 4.99 Å². The first-order valence-corrected chi connectivity index (χ1v) is 4.11. The summed E-state index contributed by atoms with van der Waals surface area (Å²) >= 11 is 0. The fourth-order valence-electron chi connectivity index (χ4n) is 1.30. The van der Waals surface area contributed by atoms with Gasteiger partial charge in [-0.05, 0) is 5.56 Å². The molecule has 0 spiro atoms. The van der Waals surface area contributed by atoms with Gasteiger partial charge in [-0.2, -0.15) is 0 Å².